The minimum Gasteiger partial charge on any atom is -0.494 e. The molecule has 184 valence electrons. The molecule has 1 aliphatic rings. The Morgan fingerprint density at radius 2 is 1.71 bits per heavy atom. The summed E-state index contributed by atoms with van der Waals surface area (Å²) in [6.07, 6.45) is 6.46. The third-order valence-corrected chi connectivity index (χ3v) is 6.36. The molecule has 5 nitrogen and oxygen atoms in total. The lowest BCUT2D eigenvalue weighted by Gasteiger charge is -2.32. The third-order valence-electron chi connectivity index (χ3n) is 6.36. The molecule has 1 aliphatic carbocycles. The van der Waals surface area contributed by atoms with Gasteiger partial charge in [-0.25, -0.2) is 18.2 Å². The quantitative estimate of drug-likeness (QED) is 0.421. The van der Waals surface area contributed by atoms with Gasteiger partial charge in [0.15, 0.2) is 0 Å². The molecule has 0 radical (unpaired) electrons. The Bertz CT molecular complexity index is 1200. The van der Waals surface area contributed by atoms with Gasteiger partial charge in [0.1, 0.15) is 34.6 Å². The molecule has 0 saturated heterocycles. The molecular formula is C27H28F3N3O2. The van der Waals surface area contributed by atoms with Crippen LogP contribution in [0.25, 0.3) is 11.3 Å². The van der Waals surface area contributed by atoms with Gasteiger partial charge in [0, 0.05) is 18.3 Å². The van der Waals surface area contributed by atoms with E-state index in [0.29, 0.717) is 17.5 Å². The lowest BCUT2D eigenvalue weighted by molar-refractivity contribution is 0.102. The van der Waals surface area contributed by atoms with Gasteiger partial charge in [0.05, 0.1) is 24.1 Å². The van der Waals surface area contributed by atoms with Crippen molar-refractivity contribution >= 4 is 11.6 Å². The average Bonchev–Trinajstić information content (AvgIpc) is 2.79. The van der Waals surface area contributed by atoms with E-state index in [1.165, 1.54) is 12.5 Å². The van der Waals surface area contributed by atoms with E-state index >= 15 is 0 Å². The van der Waals surface area contributed by atoms with Crippen LogP contribution in [-0.2, 0) is 0 Å². The molecule has 35 heavy (non-hydrogen) atoms. The fraction of sp³-hybridized carbons (Fsp3) is 0.370. The van der Waals surface area contributed by atoms with Crippen LogP contribution in [0.5, 0.6) is 5.75 Å². The van der Waals surface area contributed by atoms with E-state index < -0.39 is 34.6 Å². The molecule has 0 bridgehead atoms. The summed E-state index contributed by atoms with van der Waals surface area (Å²) in [7, 11) is 0. The summed E-state index contributed by atoms with van der Waals surface area (Å²) < 4.78 is 49.0. The van der Waals surface area contributed by atoms with Gasteiger partial charge in [0.25, 0.3) is 5.91 Å². The molecule has 2 unspecified atom stereocenters. The van der Waals surface area contributed by atoms with E-state index in [1.807, 2.05) is 6.07 Å². The number of pyridine rings is 2. The van der Waals surface area contributed by atoms with Crippen LogP contribution in [0.2, 0.25) is 0 Å². The molecule has 1 N–H and O–H groups in total. The van der Waals surface area contributed by atoms with Crippen LogP contribution in [-0.4, -0.2) is 22.5 Å². The second-order valence-corrected chi connectivity index (χ2v) is 9.25. The second kappa shape index (κ2) is 10.5. The Hall–Kier alpha value is -3.42. The van der Waals surface area contributed by atoms with Crippen molar-refractivity contribution in [3.63, 3.8) is 0 Å². The smallest absolute Gasteiger partial charge is 0.274 e. The normalized spacial score (nSPS) is 19.9. The van der Waals surface area contributed by atoms with E-state index in [4.69, 9.17) is 4.74 Å². The van der Waals surface area contributed by atoms with E-state index in [0.717, 1.165) is 36.6 Å². The van der Waals surface area contributed by atoms with E-state index in [-0.39, 0.29) is 24.0 Å². The van der Waals surface area contributed by atoms with Crippen molar-refractivity contribution in [1.29, 1.82) is 0 Å². The second-order valence-electron chi connectivity index (χ2n) is 9.25. The number of nitrogens with zero attached hydrogens (tertiary/aromatic N) is 2. The van der Waals surface area contributed by atoms with Crippen molar-refractivity contribution in [3.8, 4) is 17.0 Å². The summed E-state index contributed by atoms with van der Waals surface area (Å²) in [4.78, 5) is 21.2. The first-order valence-electron chi connectivity index (χ1n) is 11.8. The predicted octanol–water partition coefficient (Wildman–Crippen LogP) is 6.75. The molecule has 3 atom stereocenters. The Labute approximate surface area is 202 Å². The number of nitrogens with one attached hydrogen (secondary N) is 1. The molecule has 0 aliphatic heterocycles. The number of rotatable bonds is 6. The van der Waals surface area contributed by atoms with Crippen molar-refractivity contribution < 1.29 is 22.7 Å². The Morgan fingerprint density at radius 3 is 2.37 bits per heavy atom. The minimum atomic E-state index is -1.03. The number of carbonyl (C=O) groups excluding carboxylic acids is 1. The minimum absolute atomic E-state index is 0.0176. The van der Waals surface area contributed by atoms with Crippen LogP contribution in [0.1, 0.15) is 62.0 Å². The highest BCUT2D eigenvalue weighted by Crippen LogP contribution is 2.41. The number of carbonyl (C=O) groups is 1. The first-order chi connectivity index (χ1) is 16.8. The van der Waals surface area contributed by atoms with Crippen molar-refractivity contribution in [2.24, 2.45) is 11.8 Å². The van der Waals surface area contributed by atoms with E-state index in [2.05, 4.69) is 29.1 Å². The predicted molar refractivity (Wildman–Crippen MR) is 128 cm³/mol. The monoisotopic (exact) mass is 483 g/mol. The fourth-order valence-corrected chi connectivity index (χ4v) is 5.02. The summed E-state index contributed by atoms with van der Waals surface area (Å²) >= 11 is 0. The van der Waals surface area contributed by atoms with Gasteiger partial charge in [0.2, 0.25) is 0 Å². The van der Waals surface area contributed by atoms with Crippen LogP contribution in [0.15, 0.2) is 42.7 Å². The Morgan fingerprint density at radius 1 is 1.03 bits per heavy atom. The highest BCUT2D eigenvalue weighted by molar-refractivity contribution is 6.03. The Kier molecular flexibility index (Phi) is 7.38. The highest BCUT2D eigenvalue weighted by Gasteiger charge is 2.27. The third kappa shape index (κ3) is 5.47. The molecule has 1 aromatic carbocycles. The van der Waals surface area contributed by atoms with Gasteiger partial charge in [-0.3, -0.25) is 9.78 Å². The zero-order chi connectivity index (χ0) is 25.1. The number of ether oxygens (including phenoxy) is 1. The first-order valence-corrected chi connectivity index (χ1v) is 11.8. The number of amides is 1. The lowest BCUT2D eigenvalue weighted by Crippen LogP contribution is -2.21. The van der Waals surface area contributed by atoms with Crippen molar-refractivity contribution in [2.45, 2.75) is 46.0 Å². The van der Waals surface area contributed by atoms with Crippen molar-refractivity contribution in [2.75, 3.05) is 11.9 Å². The first kappa shape index (κ1) is 24.7. The number of aromatic nitrogens is 2. The summed E-state index contributed by atoms with van der Waals surface area (Å²) in [6.45, 7) is 6.35. The topological polar surface area (TPSA) is 64.1 Å². The number of anilines is 1. The van der Waals surface area contributed by atoms with Gasteiger partial charge in [-0.2, -0.15) is 0 Å². The maximum Gasteiger partial charge on any atom is 0.274 e. The molecule has 2 aromatic heterocycles. The van der Waals surface area contributed by atoms with E-state index in [1.54, 1.807) is 19.3 Å². The van der Waals surface area contributed by atoms with Crippen molar-refractivity contribution in [3.05, 3.63) is 71.4 Å². The maximum absolute atomic E-state index is 14.7. The van der Waals surface area contributed by atoms with E-state index in [9.17, 15) is 18.0 Å². The zero-order valence-corrected chi connectivity index (χ0v) is 19.9. The maximum atomic E-state index is 14.7. The van der Waals surface area contributed by atoms with Crippen molar-refractivity contribution in [1.82, 2.24) is 9.97 Å². The van der Waals surface area contributed by atoms with Crippen LogP contribution in [0.4, 0.5) is 18.9 Å². The largest absolute Gasteiger partial charge is 0.494 e. The van der Waals surface area contributed by atoms with Gasteiger partial charge in [-0.05, 0) is 67.7 Å². The number of hydrogen-bond acceptors (Lipinski definition) is 4. The molecule has 3 aromatic rings. The van der Waals surface area contributed by atoms with Gasteiger partial charge >= 0.3 is 0 Å². The van der Waals surface area contributed by atoms with Crippen LogP contribution in [0, 0.1) is 29.3 Å². The standard InChI is InChI=1S/C27H28F3N3O2/c1-4-35-18-12-21(29)25(22(30)13-18)26-20(28)5-6-23(32-26)27(34)33-24-14-31-8-7-19(24)17-10-15(2)9-16(3)11-17/h5-8,12-17H,4,9-11H2,1-3H3,(H,33,34)/t15-,16?,17?/m1/s1. The summed E-state index contributed by atoms with van der Waals surface area (Å²) in [5.41, 5.74) is 0.117. The van der Waals surface area contributed by atoms with Crippen LogP contribution < -0.4 is 10.1 Å². The average molecular weight is 484 g/mol. The molecule has 2 heterocycles. The molecular weight excluding hydrogens is 455 g/mol. The number of halogens is 3. The molecule has 8 heteroatoms. The fourth-order valence-electron chi connectivity index (χ4n) is 5.02. The lowest BCUT2D eigenvalue weighted by atomic mass is 9.74. The summed E-state index contributed by atoms with van der Waals surface area (Å²) in [6, 6.07) is 5.98. The van der Waals surface area contributed by atoms with Gasteiger partial charge in [-0.15, -0.1) is 0 Å². The summed E-state index contributed by atoms with van der Waals surface area (Å²) in [5, 5.41) is 2.81. The molecule has 4 rings (SSSR count). The number of benzene rings is 1. The summed E-state index contributed by atoms with van der Waals surface area (Å²) in [5.74, 6) is -2.24. The van der Waals surface area contributed by atoms with Crippen LogP contribution >= 0.6 is 0 Å². The zero-order valence-electron chi connectivity index (χ0n) is 19.9. The SMILES string of the molecule is CCOc1cc(F)c(-c2nc(C(=O)Nc3cnccc3C3CC(C)C[C@@H](C)C3)ccc2F)c(F)c1. The Balaban J connectivity index is 1.63. The van der Waals surface area contributed by atoms with Crippen LogP contribution in [0.3, 0.4) is 0 Å². The molecule has 1 amide bonds. The number of hydrogen-bond donors (Lipinski definition) is 1. The van der Waals surface area contributed by atoms with Gasteiger partial charge < -0.3 is 10.1 Å². The molecule has 1 fully saturated rings. The highest BCUT2D eigenvalue weighted by atomic mass is 19.1. The van der Waals surface area contributed by atoms with Gasteiger partial charge in [-0.1, -0.05) is 13.8 Å². The molecule has 1 saturated carbocycles. The molecule has 0 spiro atoms.